The van der Waals surface area contributed by atoms with Crippen LogP contribution in [0.2, 0.25) is 5.02 Å². The van der Waals surface area contributed by atoms with Crippen LogP contribution in [0.15, 0.2) is 16.6 Å². The fourth-order valence-corrected chi connectivity index (χ4v) is 2.43. The normalized spacial score (nSPS) is 12.5. The zero-order valence-corrected chi connectivity index (χ0v) is 11.6. The van der Waals surface area contributed by atoms with Gasteiger partial charge in [0.25, 0.3) is 0 Å². The molecule has 0 fully saturated rings. The number of ether oxygens (including phenoxy) is 1. The van der Waals surface area contributed by atoms with Crippen molar-refractivity contribution in [2.24, 2.45) is 5.73 Å². The van der Waals surface area contributed by atoms with Gasteiger partial charge in [-0.05, 0) is 24.1 Å². The minimum Gasteiger partial charge on any atom is -0.480 e. The van der Waals surface area contributed by atoms with E-state index in [1.807, 2.05) is 6.07 Å². The van der Waals surface area contributed by atoms with Crippen LogP contribution in [0.25, 0.3) is 0 Å². The average Bonchev–Trinajstić information content (AvgIpc) is 2.23. The lowest BCUT2D eigenvalue weighted by Gasteiger charge is -2.11. The largest absolute Gasteiger partial charge is 0.480 e. The molecule has 1 rings (SSSR count). The molecule has 0 aliphatic heterocycles. The maximum Gasteiger partial charge on any atom is 0.320 e. The first-order valence-corrected chi connectivity index (χ1v) is 6.07. The van der Waals surface area contributed by atoms with Crippen molar-refractivity contribution in [1.29, 1.82) is 0 Å². The quantitative estimate of drug-likeness (QED) is 0.872. The first kappa shape index (κ1) is 14.4. The van der Waals surface area contributed by atoms with E-state index in [0.29, 0.717) is 11.6 Å². The van der Waals surface area contributed by atoms with Crippen LogP contribution in [0.1, 0.15) is 11.1 Å². The summed E-state index contributed by atoms with van der Waals surface area (Å²) in [6.07, 6.45) is 0.237. The Morgan fingerprint density at radius 2 is 2.29 bits per heavy atom. The van der Waals surface area contributed by atoms with E-state index in [2.05, 4.69) is 15.9 Å². The minimum atomic E-state index is -1.03. The Morgan fingerprint density at radius 3 is 2.76 bits per heavy atom. The number of halogens is 2. The zero-order valence-electron chi connectivity index (χ0n) is 9.24. The van der Waals surface area contributed by atoms with E-state index >= 15 is 0 Å². The molecular weight excluding hydrogens is 309 g/mol. The van der Waals surface area contributed by atoms with E-state index in [4.69, 9.17) is 27.2 Å². The van der Waals surface area contributed by atoms with Crippen LogP contribution in [0, 0.1) is 0 Å². The Hall–Kier alpha value is -0.620. The summed E-state index contributed by atoms with van der Waals surface area (Å²) in [4.78, 5) is 10.7. The fourth-order valence-electron chi connectivity index (χ4n) is 1.40. The van der Waals surface area contributed by atoms with Crippen molar-refractivity contribution in [2.75, 3.05) is 7.11 Å². The second-order valence-corrected chi connectivity index (χ2v) is 4.88. The zero-order chi connectivity index (χ0) is 13.0. The number of rotatable bonds is 5. The van der Waals surface area contributed by atoms with Gasteiger partial charge < -0.3 is 15.6 Å². The average molecular weight is 323 g/mol. The lowest BCUT2D eigenvalue weighted by Crippen LogP contribution is -2.32. The molecule has 1 aromatic carbocycles. The van der Waals surface area contributed by atoms with E-state index in [1.165, 1.54) is 0 Å². The van der Waals surface area contributed by atoms with E-state index in [1.54, 1.807) is 13.2 Å². The van der Waals surface area contributed by atoms with Crippen molar-refractivity contribution in [1.82, 2.24) is 0 Å². The third-order valence-corrected chi connectivity index (χ3v) is 3.31. The number of carboxylic acids is 1. The number of carboxylic acid groups (broad SMARTS) is 1. The van der Waals surface area contributed by atoms with Gasteiger partial charge in [-0.3, -0.25) is 4.79 Å². The molecule has 0 bridgehead atoms. The first-order chi connectivity index (χ1) is 7.95. The summed E-state index contributed by atoms with van der Waals surface area (Å²) in [6.45, 7) is 0.394. The van der Waals surface area contributed by atoms with Gasteiger partial charge in [-0.1, -0.05) is 27.5 Å². The van der Waals surface area contributed by atoms with Crippen molar-refractivity contribution >= 4 is 33.5 Å². The van der Waals surface area contributed by atoms with Crippen molar-refractivity contribution in [3.05, 3.63) is 32.8 Å². The smallest absolute Gasteiger partial charge is 0.320 e. The van der Waals surface area contributed by atoms with Gasteiger partial charge in [0, 0.05) is 22.2 Å². The molecule has 6 heteroatoms. The number of hydrogen-bond donors (Lipinski definition) is 2. The van der Waals surface area contributed by atoms with Crippen molar-refractivity contribution in [2.45, 2.75) is 19.1 Å². The summed E-state index contributed by atoms with van der Waals surface area (Å²) in [6, 6.07) is 2.60. The molecule has 1 unspecified atom stereocenters. The minimum absolute atomic E-state index is 0.237. The summed E-state index contributed by atoms with van der Waals surface area (Å²) in [7, 11) is 1.58. The molecule has 0 aliphatic carbocycles. The molecular formula is C11H13BrClNO3. The van der Waals surface area contributed by atoms with E-state index in [9.17, 15) is 4.79 Å². The lowest BCUT2D eigenvalue weighted by atomic mass is 10.0. The van der Waals surface area contributed by atoms with Gasteiger partial charge in [-0.2, -0.15) is 0 Å². The lowest BCUT2D eigenvalue weighted by molar-refractivity contribution is -0.138. The van der Waals surface area contributed by atoms with Gasteiger partial charge in [-0.15, -0.1) is 0 Å². The van der Waals surface area contributed by atoms with Crippen LogP contribution in [-0.4, -0.2) is 24.2 Å². The summed E-state index contributed by atoms with van der Waals surface area (Å²) in [5, 5.41) is 9.27. The molecule has 0 amide bonds. The maximum absolute atomic E-state index is 10.7. The van der Waals surface area contributed by atoms with Crippen LogP contribution in [0.3, 0.4) is 0 Å². The molecule has 1 atom stereocenters. The number of aliphatic carboxylic acids is 1. The Morgan fingerprint density at radius 1 is 1.65 bits per heavy atom. The van der Waals surface area contributed by atoms with E-state index < -0.39 is 12.0 Å². The topological polar surface area (TPSA) is 72.5 Å². The molecule has 17 heavy (non-hydrogen) atoms. The van der Waals surface area contributed by atoms with E-state index in [0.717, 1.165) is 15.6 Å². The SMILES string of the molecule is COCc1c(Cl)cc(CC(N)C(=O)O)cc1Br. The van der Waals surface area contributed by atoms with Crippen molar-refractivity contribution in [3.63, 3.8) is 0 Å². The fraction of sp³-hybridized carbons (Fsp3) is 0.364. The second-order valence-electron chi connectivity index (χ2n) is 3.62. The van der Waals surface area contributed by atoms with Crippen LogP contribution in [0.5, 0.6) is 0 Å². The number of methoxy groups -OCH3 is 1. The van der Waals surface area contributed by atoms with Crippen LogP contribution >= 0.6 is 27.5 Å². The number of hydrogen-bond acceptors (Lipinski definition) is 3. The van der Waals surface area contributed by atoms with E-state index in [-0.39, 0.29) is 6.42 Å². The molecule has 1 aromatic rings. The van der Waals surface area contributed by atoms with Crippen molar-refractivity contribution < 1.29 is 14.6 Å². The predicted octanol–water partition coefficient (Wildman–Crippen LogP) is 2.20. The first-order valence-electron chi connectivity index (χ1n) is 4.89. The monoisotopic (exact) mass is 321 g/mol. The van der Waals surface area contributed by atoms with Crippen molar-refractivity contribution in [3.8, 4) is 0 Å². The maximum atomic E-state index is 10.7. The van der Waals surface area contributed by atoms with Crippen LogP contribution in [-0.2, 0) is 22.6 Å². The Labute approximate surface area is 113 Å². The highest BCUT2D eigenvalue weighted by Gasteiger charge is 2.14. The standard InChI is InChI=1S/C11H13BrClNO3/c1-17-5-7-8(12)2-6(3-9(7)13)4-10(14)11(15)16/h2-3,10H,4-5,14H2,1H3,(H,15,16). The molecule has 0 aliphatic rings. The summed E-state index contributed by atoms with van der Waals surface area (Å²) >= 11 is 9.45. The third kappa shape index (κ3) is 3.96. The highest BCUT2D eigenvalue weighted by atomic mass is 79.9. The molecule has 94 valence electrons. The molecule has 0 saturated carbocycles. The highest BCUT2D eigenvalue weighted by molar-refractivity contribution is 9.10. The Bertz CT molecular complexity index is 402. The number of benzene rings is 1. The van der Waals surface area contributed by atoms with Gasteiger partial charge >= 0.3 is 5.97 Å². The molecule has 4 nitrogen and oxygen atoms in total. The van der Waals surface area contributed by atoms with Crippen LogP contribution in [0.4, 0.5) is 0 Å². The van der Waals surface area contributed by atoms with Gasteiger partial charge in [0.05, 0.1) is 6.61 Å². The summed E-state index contributed by atoms with van der Waals surface area (Å²) in [5.74, 6) is -1.03. The van der Waals surface area contributed by atoms with Gasteiger partial charge in [0.2, 0.25) is 0 Å². The predicted molar refractivity (Wildman–Crippen MR) is 69.2 cm³/mol. The van der Waals surface area contributed by atoms with Gasteiger partial charge in [0.1, 0.15) is 6.04 Å². The third-order valence-electron chi connectivity index (χ3n) is 2.26. The molecule has 3 N–H and O–H groups in total. The number of nitrogens with two attached hydrogens (primary N) is 1. The molecule has 0 radical (unpaired) electrons. The molecule has 0 saturated heterocycles. The van der Waals surface area contributed by atoms with Gasteiger partial charge in [-0.25, -0.2) is 0 Å². The summed E-state index contributed by atoms with van der Waals surface area (Å²) in [5.41, 5.74) is 7.07. The summed E-state index contributed by atoms with van der Waals surface area (Å²) < 4.78 is 5.81. The second kappa shape index (κ2) is 6.35. The highest BCUT2D eigenvalue weighted by Crippen LogP contribution is 2.28. The van der Waals surface area contributed by atoms with Crippen LogP contribution < -0.4 is 5.73 Å². The Kier molecular flexibility index (Phi) is 5.39. The molecule has 0 spiro atoms. The Balaban J connectivity index is 2.94. The molecule has 0 aromatic heterocycles. The number of carbonyl (C=O) groups is 1. The van der Waals surface area contributed by atoms with Gasteiger partial charge in [0.15, 0.2) is 0 Å². The molecule has 0 heterocycles.